The molecule has 3 aromatic carbocycles. The maximum Gasteiger partial charge on any atom is 0.264 e. The first-order valence-electron chi connectivity index (χ1n) is 10.0. The molecule has 1 N–H and O–H groups in total. The van der Waals surface area contributed by atoms with Crippen molar-refractivity contribution in [1.29, 1.82) is 0 Å². The SMILES string of the molecule is CC1(CC(=O)NOCc2ccccc2)CN(S(=O)(=O)c2ccccc2)c2ccccc21. The van der Waals surface area contributed by atoms with Crippen LogP contribution in [0.15, 0.2) is 89.8 Å². The molecule has 0 fully saturated rings. The quantitative estimate of drug-likeness (QED) is 0.572. The summed E-state index contributed by atoms with van der Waals surface area (Å²) in [5.74, 6) is -0.299. The van der Waals surface area contributed by atoms with Gasteiger partial charge in [-0.2, -0.15) is 0 Å². The van der Waals surface area contributed by atoms with Gasteiger partial charge in [-0.25, -0.2) is 13.9 Å². The van der Waals surface area contributed by atoms with Crippen molar-refractivity contribution < 1.29 is 18.0 Å². The van der Waals surface area contributed by atoms with E-state index in [2.05, 4.69) is 5.48 Å². The van der Waals surface area contributed by atoms with E-state index in [0.717, 1.165) is 11.1 Å². The fourth-order valence-corrected chi connectivity index (χ4v) is 5.57. The molecule has 7 heteroatoms. The van der Waals surface area contributed by atoms with Crippen LogP contribution in [-0.2, 0) is 31.7 Å². The number of fused-ring (bicyclic) bond motifs is 1. The zero-order chi connectivity index (χ0) is 21.9. The summed E-state index contributed by atoms with van der Waals surface area (Å²) in [6.45, 7) is 2.34. The van der Waals surface area contributed by atoms with Crippen LogP contribution in [0.3, 0.4) is 0 Å². The van der Waals surface area contributed by atoms with E-state index in [-0.39, 0.29) is 30.4 Å². The average molecular weight is 437 g/mol. The second-order valence-corrected chi connectivity index (χ2v) is 9.74. The largest absolute Gasteiger partial charge is 0.273 e. The van der Waals surface area contributed by atoms with E-state index in [0.29, 0.717) is 5.69 Å². The predicted octanol–water partition coefficient (Wildman–Crippen LogP) is 3.79. The van der Waals surface area contributed by atoms with Crippen LogP contribution in [0.1, 0.15) is 24.5 Å². The second-order valence-electron chi connectivity index (χ2n) is 7.88. The lowest BCUT2D eigenvalue weighted by Gasteiger charge is -2.25. The van der Waals surface area contributed by atoms with Gasteiger partial charge in [0.15, 0.2) is 0 Å². The minimum absolute atomic E-state index is 0.0968. The van der Waals surface area contributed by atoms with Crippen LogP contribution in [0.4, 0.5) is 5.69 Å². The zero-order valence-electron chi connectivity index (χ0n) is 17.2. The Morgan fingerprint density at radius 1 is 0.968 bits per heavy atom. The van der Waals surface area contributed by atoms with Crippen molar-refractivity contribution in [1.82, 2.24) is 5.48 Å². The number of sulfonamides is 1. The number of hydroxylamine groups is 1. The van der Waals surface area contributed by atoms with Crippen LogP contribution in [0, 0.1) is 0 Å². The number of nitrogens with one attached hydrogen (secondary N) is 1. The number of hydrogen-bond donors (Lipinski definition) is 1. The number of anilines is 1. The highest BCUT2D eigenvalue weighted by atomic mass is 32.2. The first-order chi connectivity index (χ1) is 14.9. The first-order valence-corrected chi connectivity index (χ1v) is 11.5. The number of benzene rings is 3. The summed E-state index contributed by atoms with van der Waals surface area (Å²) in [6.07, 6.45) is 0.0968. The van der Waals surface area contributed by atoms with E-state index < -0.39 is 15.4 Å². The van der Waals surface area contributed by atoms with Crippen molar-refractivity contribution in [3.63, 3.8) is 0 Å². The number of carbonyl (C=O) groups is 1. The van der Waals surface area contributed by atoms with E-state index in [1.807, 2.05) is 49.4 Å². The minimum Gasteiger partial charge on any atom is -0.273 e. The molecule has 1 aliphatic rings. The third-order valence-electron chi connectivity index (χ3n) is 5.47. The third kappa shape index (κ3) is 4.33. The fourth-order valence-electron chi connectivity index (χ4n) is 3.94. The van der Waals surface area contributed by atoms with Gasteiger partial charge in [-0.1, -0.05) is 73.7 Å². The van der Waals surface area contributed by atoms with Crippen LogP contribution in [-0.4, -0.2) is 20.9 Å². The molecule has 6 nitrogen and oxygen atoms in total. The molecule has 0 spiro atoms. The number of carbonyl (C=O) groups excluding carboxylic acids is 1. The lowest BCUT2D eigenvalue weighted by atomic mass is 9.81. The second kappa shape index (κ2) is 8.53. The zero-order valence-corrected chi connectivity index (χ0v) is 18.0. The van der Waals surface area contributed by atoms with Crippen LogP contribution >= 0.6 is 0 Å². The number of hydrogen-bond acceptors (Lipinski definition) is 4. The Hall–Kier alpha value is -3.16. The van der Waals surface area contributed by atoms with Crippen LogP contribution in [0.2, 0.25) is 0 Å². The van der Waals surface area contributed by atoms with Gasteiger partial charge >= 0.3 is 0 Å². The molecule has 31 heavy (non-hydrogen) atoms. The van der Waals surface area contributed by atoms with Crippen LogP contribution in [0.5, 0.6) is 0 Å². The molecule has 0 saturated heterocycles. The van der Waals surface area contributed by atoms with Crippen molar-refractivity contribution in [3.8, 4) is 0 Å². The minimum atomic E-state index is -3.74. The summed E-state index contributed by atoms with van der Waals surface area (Å²) in [6, 6.07) is 25.2. The molecule has 1 amide bonds. The van der Waals surface area contributed by atoms with Gasteiger partial charge in [0.05, 0.1) is 17.2 Å². The molecule has 0 bridgehead atoms. The van der Waals surface area contributed by atoms with Crippen LogP contribution < -0.4 is 9.79 Å². The molecule has 3 aromatic rings. The summed E-state index contributed by atoms with van der Waals surface area (Å²) in [7, 11) is -3.74. The molecule has 0 aromatic heterocycles. The van der Waals surface area contributed by atoms with Crippen molar-refractivity contribution in [2.75, 3.05) is 10.8 Å². The van der Waals surface area contributed by atoms with E-state index in [1.54, 1.807) is 42.5 Å². The van der Waals surface area contributed by atoms with Gasteiger partial charge in [-0.15, -0.1) is 0 Å². The van der Waals surface area contributed by atoms with E-state index >= 15 is 0 Å². The monoisotopic (exact) mass is 436 g/mol. The highest BCUT2D eigenvalue weighted by molar-refractivity contribution is 7.92. The molecular formula is C24H24N2O4S. The summed E-state index contributed by atoms with van der Waals surface area (Å²) >= 11 is 0. The maximum absolute atomic E-state index is 13.3. The number of para-hydroxylation sites is 1. The molecule has 1 heterocycles. The lowest BCUT2D eigenvalue weighted by Crippen LogP contribution is -2.39. The molecule has 4 rings (SSSR count). The number of rotatable bonds is 7. The van der Waals surface area contributed by atoms with E-state index in [4.69, 9.17) is 4.84 Å². The van der Waals surface area contributed by atoms with Gasteiger partial charge in [0, 0.05) is 18.4 Å². The average Bonchev–Trinajstić information content (AvgIpc) is 3.08. The highest BCUT2D eigenvalue weighted by Crippen LogP contribution is 2.45. The van der Waals surface area contributed by atoms with Gasteiger partial charge < -0.3 is 0 Å². The lowest BCUT2D eigenvalue weighted by molar-refractivity contribution is -0.135. The molecule has 1 aliphatic heterocycles. The van der Waals surface area contributed by atoms with Gasteiger partial charge in [0.1, 0.15) is 0 Å². The normalized spacial score (nSPS) is 17.9. The molecule has 0 saturated carbocycles. The van der Waals surface area contributed by atoms with Gasteiger partial charge in [-0.05, 0) is 29.3 Å². The summed E-state index contributed by atoms with van der Waals surface area (Å²) in [4.78, 5) is 18.2. The number of amides is 1. The van der Waals surface area contributed by atoms with E-state index in [9.17, 15) is 13.2 Å². The Balaban J connectivity index is 1.51. The summed E-state index contributed by atoms with van der Waals surface area (Å²) in [5, 5.41) is 0. The topological polar surface area (TPSA) is 75.7 Å². The Kier molecular flexibility index (Phi) is 5.80. The Labute approximate surface area is 182 Å². The first kappa shape index (κ1) is 21.1. The smallest absolute Gasteiger partial charge is 0.264 e. The standard InChI is InChI=1S/C24H24N2O4S/c1-24(16-23(27)25-30-17-19-10-4-2-5-11-19)18-26(22-15-9-8-14-21(22)24)31(28,29)20-12-6-3-7-13-20/h2-15H,16-18H2,1H3,(H,25,27). The van der Waals surface area contributed by atoms with Crippen LogP contribution in [0.25, 0.3) is 0 Å². The maximum atomic E-state index is 13.3. The molecule has 0 radical (unpaired) electrons. The molecule has 0 aliphatic carbocycles. The predicted molar refractivity (Wildman–Crippen MR) is 119 cm³/mol. The van der Waals surface area contributed by atoms with Crippen molar-refractivity contribution in [2.24, 2.45) is 0 Å². The molecular weight excluding hydrogens is 412 g/mol. The fraction of sp³-hybridized carbons (Fsp3) is 0.208. The molecule has 1 atom stereocenters. The Bertz CT molecular complexity index is 1170. The molecule has 160 valence electrons. The van der Waals surface area contributed by atoms with Gasteiger partial charge in [0.2, 0.25) is 5.91 Å². The van der Waals surface area contributed by atoms with Crippen molar-refractivity contribution in [2.45, 2.75) is 30.3 Å². The number of nitrogens with zero attached hydrogens (tertiary/aromatic N) is 1. The Morgan fingerprint density at radius 2 is 1.58 bits per heavy atom. The van der Waals surface area contributed by atoms with Crippen molar-refractivity contribution >= 4 is 21.6 Å². The van der Waals surface area contributed by atoms with Gasteiger partial charge in [-0.3, -0.25) is 13.9 Å². The highest BCUT2D eigenvalue weighted by Gasteiger charge is 2.44. The third-order valence-corrected chi connectivity index (χ3v) is 7.24. The van der Waals surface area contributed by atoms with Gasteiger partial charge in [0.25, 0.3) is 10.0 Å². The van der Waals surface area contributed by atoms with E-state index in [1.165, 1.54) is 4.31 Å². The Morgan fingerprint density at radius 3 is 2.29 bits per heavy atom. The molecule has 1 unspecified atom stereocenters. The summed E-state index contributed by atoms with van der Waals surface area (Å²) < 4.78 is 28.0. The summed E-state index contributed by atoms with van der Waals surface area (Å²) in [5.41, 5.74) is 4.19. The van der Waals surface area contributed by atoms with Crippen molar-refractivity contribution in [3.05, 3.63) is 96.1 Å².